The summed E-state index contributed by atoms with van der Waals surface area (Å²) in [6, 6.07) is 7.65. The molecule has 8 heteroatoms. The van der Waals surface area contributed by atoms with Crippen LogP contribution in [0.25, 0.3) is 0 Å². The van der Waals surface area contributed by atoms with Gasteiger partial charge in [-0.1, -0.05) is 29.8 Å². The monoisotopic (exact) mass is 390 g/mol. The average Bonchev–Trinajstić information content (AvgIpc) is 3.01. The zero-order valence-electron chi connectivity index (χ0n) is 16.0. The molecule has 1 aromatic carbocycles. The number of rotatable bonds is 5. The third-order valence-corrected chi connectivity index (χ3v) is 4.65. The molecule has 1 saturated heterocycles. The number of nitrogens with two attached hydrogens (primary N) is 1. The number of β-amino-alcohol motifs (C(OH)–C–C–N with tert-alkyl or cyclic N) is 1. The number of nitrogens with zero attached hydrogens (tertiary/aromatic N) is 3. The van der Waals surface area contributed by atoms with Gasteiger partial charge in [0.15, 0.2) is 11.6 Å². The molecule has 0 bridgehead atoms. The van der Waals surface area contributed by atoms with Gasteiger partial charge in [-0.25, -0.2) is 0 Å². The van der Waals surface area contributed by atoms with E-state index in [1.807, 2.05) is 49.9 Å². The second-order valence-electron chi connectivity index (χ2n) is 7.84. The molecule has 27 heavy (non-hydrogen) atoms. The van der Waals surface area contributed by atoms with Crippen molar-refractivity contribution in [1.82, 2.24) is 9.97 Å². The van der Waals surface area contributed by atoms with Crippen LogP contribution in [0.15, 0.2) is 24.3 Å². The number of aromatic nitrogens is 2. The largest absolute Gasteiger partial charge is 0.393 e. The molecular weight excluding hydrogens is 364 g/mol. The molecule has 0 spiro atoms. The van der Waals surface area contributed by atoms with Crippen LogP contribution >= 0.6 is 11.6 Å². The van der Waals surface area contributed by atoms with Gasteiger partial charge in [0.05, 0.1) is 6.10 Å². The van der Waals surface area contributed by atoms with Crippen LogP contribution in [-0.2, 0) is 6.54 Å². The zero-order valence-corrected chi connectivity index (χ0v) is 16.7. The highest BCUT2D eigenvalue weighted by Gasteiger charge is 2.26. The lowest BCUT2D eigenvalue weighted by Crippen LogP contribution is -2.29. The third kappa shape index (κ3) is 4.93. The number of anilines is 4. The van der Waals surface area contributed by atoms with E-state index in [2.05, 4.69) is 20.6 Å². The van der Waals surface area contributed by atoms with Gasteiger partial charge in [0.1, 0.15) is 5.69 Å². The minimum atomic E-state index is -0.363. The van der Waals surface area contributed by atoms with Crippen molar-refractivity contribution in [3.63, 3.8) is 0 Å². The first kappa shape index (κ1) is 19.5. The van der Waals surface area contributed by atoms with E-state index < -0.39 is 0 Å². The first-order valence-corrected chi connectivity index (χ1v) is 9.47. The van der Waals surface area contributed by atoms with Crippen molar-refractivity contribution < 1.29 is 5.11 Å². The summed E-state index contributed by atoms with van der Waals surface area (Å²) >= 11 is 6.25. The van der Waals surface area contributed by atoms with E-state index >= 15 is 0 Å². The van der Waals surface area contributed by atoms with E-state index in [9.17, 15) is 5.11 Å². The molecule has 3 rings (SSSR count). The quantitative estimate of drug-likeness (QED) is 0.622. The average molecular weight is 391 g/mol. The summed E-state index contributed by atoms with van der Waals surface area (Å²) < 4.78 is 0. The van der Waals surface area contributed by atoms with Gasteiger partial charge >= 0.3 is 0 Å². The fourth-order valence-corrected chi connectivity index (χ4v) is 3.18. The highest BCUT2D eigenvalue weighted by molar-refractivity contribution is 6.31. The molecule has 1 fully saturated rings. The fraction of sp³-hybridized carbons (Fsp3) is 0.474. The molecule has 0 amide bonds. The molecule has 2 heterocycles. The lowest BCUT2D eigenvalue weighted by molar-refractivity contribution is 0.198. The summed E-state index contributed by atoms with van der Waals surface area (Å²) in [5, 5.41) is 17.2. The molecule has 1 aliphatic heterocycles. The van der Waals surface area contributed by atoms with Crippen LogP contribution in [0, 0.1) is 0 Å². The summed E-state index contributed by atoms with van der Waals surface area (Å²) in [5.41, 5.74) is 7.60. The molecule has 146 valence electrons. The van der Waals surface area contributed by atoms with Gasteiger partial charge < -0.3 is 26.4 Å². The summed E-state index contributed by atoms with van der Waals surface area (Å²) in [7, 11) is 0. The minimum absolute atomic E-state index is 0.197. The van der Waals surface area contributed by atoms with E-state index in [0.29, 0.717) is 54.3 Å². The molecular formula is C19H27ClN6O. The fourth-order valence-electron chi connectivity index (χ4n) is 2.98. The highest BCUT2D eigenvalue weighted by Crippen LogP contribution is 2.32. The van der Waals surface area contributed by atoms with E-state index in [1.165, 1.54) is 0 Å². The standard InChI is InChI=1S/C19H27ClN6O/c1-19(2,3)25-18-23-16(22-10-12-6-4-5-7-14(12)20)15(21)17(24-18)26-9-8-13(27)11-26/h4-7,13,27H,8-11,21H2,1-3H3,(H2,22,23,24,25)/t13-/m0/s1. The SMILES string of the molecule is CC(C)(C)Nc1nc(NCc2ccccc2Cl)c(N)c(N2CC[C@H](O)C2)n1. The predicted octanol–water partition coefficient (Wildman–Crippen LogP) is 3.11. The summed E-state index contributed by atoms with van der Waals surface area (Å²) in [5.74, 6) is 1.68. The number of hydrogen-bond acceptors (Lipinski definition) is 7. The second-order valence-corrected chi connectivity index (χ2v) is 8.25. The summed E-state index contributed by atoms with van der Waals surface area (Å²) in [4.78, 5) is 11.2. The highest BCUT2D eigenvalue weighted by atomic mass is 35.5. The number of benzene rings is 1. The van der Waals surface area contributed by atoms with E-state index in [-0.39, 0.29) is 11.6 Å². The Morgan fingerprint density at radius 2 is 2.04 bits per heavy atom. The Morgan fingerprint density at radius 3 is 2.67 bits per heavy atom. The van der Waals surface area contributed by atoms with Gasteiger partial charge in [-0.2, -0.15) is 9.97 Å². The smallest absolute Gasteiger partial charge is 0.227 e. The maximum Gasteiger partial charge on any atom is 0.227 e. The molecule has 0 aliphatic carbocycles. The van der Waals surface area contributed by atoms with Crippen molar-refractivity contribution in [3.05, 3.63) is 34.9 Å². The van der Waals surface area contributed by atoms with Crippen LogP contribution in [0.5, 0.6) is 0 Å². The molecule has 0 unspecified atom stereocenters. The molecule has 7 nitrogen and oxygen atoms in total. The Kier molecular flexibility index (Phi) is 5.62. The number of aliphatic hydroxyl groups excluding tert-OH is 1. The molecule has 0 radical (unpaired) electrons. The van der Waals surface area contributed by atoms with Crippen LogP contribution < -0.4 is 21.3 Å². The summed E-state index contributed by atoms with van der Waals surface area (Å²) in [6.45, 7) is 7.86. The topological polar surface area (TPSA) is 99.3 Å². The Bertz CT molecular complexity index is 807. The molecule has 2 aromatic rings. The number of nitrogens with one attached hydrogen (secondary N) is 2. The second kappa shape index (κ2) is 7.78. The van der Waals surface area contributed by atoms with Crippen LogP contribution in [0.1, 0.15) is 32.8 Å². The molecule has 1 aromatic heterocycles. The van der Waals surface area contributed by atoms with Gasteiger partial charge in [-0.15, -0.1) is 0 Å². The molecule has 5 N–H and O–H groups in total. The van der Waals surface area contributed by atoms with Crippen LogP contribution in [0.3, 0.4) is 0 Å². The minimum Gasteiger partial charge on any atom is -0.393 e. The maximum absolute atomic E-state index is 9.89. The zero-order chi connectivity index (χ0) is 19.6. The normalized spacial score (nSPS) is 17.2. The first-order chi connectivity index (χ1) is 12.7. The van der Waals surface area contributed by atoms with Gasteiger partial charge in [-0.05, 0) is 38.8 Å². The molecule has 1 aliphatic rings. The molecule has 0 saturated carbocycles. The Hall–Kier alpha value is -2.25. The number of nitrogen functional groups attached to an aromatic ring is 1. The van der Waals surface area contributed by atoms with Gasteiger partial charge in [0, 0.05) is 30.2 Å². The number of hydrogen-bond donors (Lipinski definition) is 4. The Morgan fingerprint density at radius 1 is 1.30 bits per heavy atom. The van der Waals surface area contributed by atoms with Crippen molar-refractivity contribution in [3.8, 4) is 0 Å². The van der Waals surface area contributed by atoms with Crippen molar-refractivity contribution >= 4 is 34.9 Å². The van der Waals surface area contributed by atoms with Crippen molar-refractivity contribution in [2.24, 2.45) is 0 Å². The van der Waals surface area contributed by atoms with Gasteiger partial charge in [-0.3, -0.25) is 0 Å². The number of halogens is 1. The number of aliphatic hydroxyl groups is 1. The van der Waals surface area contributed by atoms with Crippen molar-refractivity contribution in [1.29, 1.82) is 0 Å². The van der Waals surface area contributed by atoms with Crippen LogP contribution in [0.2, 0.25) is 5.02 Å². The Balaban J connectivity index is 1.91. The van der Waals surface area contributed by atoms with E-state index in [4.69, 9.17) is 17.3 Å². The lowest BCUT2D eigenvalue weighted by atomic mass is 10.1. The first-order valence-electron chi connectivity index (χ1n) is 9.09. The third-order valence-electron chi connectivity index (χ3n) is 4.28. The van der Waals surface area contributed by atoms with Gasteiger partial charge in [0.25, 0.3) is 0 Å². The van der Waals surface area contributed by atoms with E-state index in [0.717, 1.165) is 5.56 Å². The van der Waals surface area contributed by atoms with Crippen molar-refractivity contribution in [2.45, 2.75) is 45.4 Å². The van der Waals surface area contributed by atoms with Crippen LogP contribution in [-0.4, -0.2) is 39.8 Å². The van der Waals surface area contributed by atoms with Crippen LogP contribution in [0.4, 0.5) is 23.3 Å². The molecule has 1 atom stereocenters. The van der Waals surface area contributed by atoms with Gasteiger partial charge in [0.2, 0.25) is 5.95 Å². The lowest BCUT2D eigenvalue weighted by Gasteiger charge is -2.25. The summed E-state index contributed by atoms with van der Waals surface area (Å²) in [6.07, 6.45) is 0.339. The Labute approximate surface area is 165 Å². The predicted molar refractivity (Wildman–Crippen MR) is 111 cm³/mol. The maximum atomic E-state index is 9.89. The van der Waals surface area contributed by atoms with E-state index in [1.54, 1.807) is 0 Å². The van der Waals surface area contributed by atoms with Crippen molar-refractivity contribution in [2.75, 3.05) is 34.4 Å².